The van der Waals surface area contributed by atoms with E-state index in [2.05, 4.69) is 23.7 Å². The third-order valence-corrected chi connectivity index (χ3v) is 6.79. The van der Waals surface area contributed by atoms with E-state index in [0.29, 0.717) is 18.9 Å². The first-order valence-corrected chi connectivity index (χ1v) is 12.2. The second-order valence-electron chi connectivity index (χ2n) is 9.62. The molecule has 3 aliphatic carbocycles. The standard InChI is InChI=1S/C29H31NO6/c31-26(30-36-20-29-15-5-4-8-23(17-29)18-29)14-13-25(16-21-9-11-24(12-10-21)27(32)33)28(34)35-19-22-6-2-1-3-7-22/h1-12,15,23,25H,13-14,16-20H2,(H,30,31)(H,32,33). The van der Waals surface area contributed by atoms with E-state index in [1.165, 1.54) is 12.1 Å². The monoisotopic (exact) mass is 489 g/mol. The molecule has 1 atom stereocenters. The predicted octanol–water partition coefficient (Wildman–Crippen LogP) is 4.64. The van der Waals surface area contributed by atoms with Crippen LogP contribution in [0.3, 0.4) is 0 Å². The lowest BCUT2D eigenvalue weighted by molar-refractivity contribution is -0.150. The highest BCUT2D eigenvalue weighted by Gasteiger charge is 2.42. The highest BCUT2D eigenvalue weighted by molar-refractivity contribution is 5.87. The quantitative estimate of drug-likeness (QED) is 0.333. The molecule has 0 aliphatic heterocycles. The van der Waals surface area contributed by atoms with Gasteiger partial charge >= 0.3 is 11.9 Å². The maximum atomic E-state index is 12.9. The molecule has 7 nitrogen and oxygen atoms in total. The van der Waals surface area contributed by atoms with E-state index in [9.17, 15) is 14.4 Å². The molecule has 1 unspecified atom stereocenters. The number of hydrogen-bond acceptors (Lipinski definition) is 5. The Morgan fingerprint density at radius 3 is 2.47 bits per heavy atom. The number of carboxylic acids is 1. The molecule has 1 amide bonds. The van der Waals surface area contributed by atoms with Gasteiger partial charge in [0.1, 0.15) is 6.61 Å². The summed E-state index contributed by atoms with van der Waals surface area (Å²) >= 11 is 0. The average Bonchev–Trinajstić information content (AvgIpc) is 3.20. The second-order valence-corrected chi connectivity index (χ2v) is 9.62. The molecule has 0 radical (unpaired) electrons. The number of ether oxygens (including phenoxy) is 1. The smallest absolute Gasteiger partial charge is 0.335 e. The number of carbonyl (C=O) groups is 3. The molecular weight excluding hydrogens is 458 g/mol. The van der Waals surface area contributed by atoms with E-state index >= 15 is 0 Å². The fraction of sp³-hybridized carbons (Fsp3) is 0.345. The molecule has 0 aromatic heterocycles. The lowest BCUT2D eigenvalue weighted by atomic mass is 9.63. The molecule has 2 aromatic carbocycles. The summed E-state index contributed by atoms with van der Waals surface area (Å²) in [6, 6.07) is 15.8. The van der Waals surface area contributed by atoms with Crippen molar-refractivity contribution in [2.45, 2.75) is 38.7 Å². The van der Waals surface area contributed by atoms with Gasteiger partial charge < -0.3 is 9.84 Å². The van der Waals surface area contributed by atoms with Crippen LogP contribution in [0, 0.1) is 17.3 Å². The van der Waals surface area contributed by atoms with E-state index in [-0.39, 0.29) is 36.3 Å². The SMILES string of the molecule is O=C(CCC(Cc1ccc(C(=O)O)cc1)C(=O)OCc1ccccc1)NOCC12C=CC=CC(C1)C2. The summed E-state index contributed by atoms with van der Waals surface area (Å²) < 4.78 is 5.54. The van der Waals surface area contributed by atoms with E-state index in [1.807, 2.05) is 36.4 Å². The first-order chi connectivity index (χ1) is 17.4. The molecule has 3 aliphatic rings. The highest BCUT2D eigenvalue weighted by atomic mass is 16.7. The molecule has 36 heavy (non-hydrogen) atoms. The van der Waals surface area contributed by atoms with Crippen LogP contribution in [0.2, 0.25) is 0 Å². The van der Waals surface area contributed by atoms with Gasteiger partial charge in [-0.15, -0.1) is 0 Å². The van der Waals surface area contributed by atoms with E-state index in [1.54, 1.807) is 12.1 Å². The lowest BCUT2D eigenvalue weighted by Crippen LogP contribution is -2.40. The van der Waals surface area contributed by atoms with Gasteiger partial charge in [0.15, 0.2) is 0 Å². The first kappa shape index (κ1) is 25.4. The van der Waals surface area contributed by atoms with Crippen molar-refractivity contribution in [2.75, 3.05) is 6.61 Å². The number of benzene rings is 2. The zero-order chi connectivity index (χ0) is 25.4. The van der Waals surface area contributed by atoms with Gasteiger partial charge in [-0.25, -0.2) is 10.3 Å². The summed E-state index contributed by atoms with van der Waals surface area (Å²) in [7, 11) is 0. The molecule has 7 heteroatoms. The Hall–Kier alpha value is -3.71. The van der Waals surface area contributed by atoms with Crippen LogP contribution in [0.5, 0.6) is 0 Å². The van der Waals surface area contributed by atoms with Crippen LogP contribution in [-0.2, 0) is 32.2 Å². The van der Waals surface area contributed by atoms with Crippen molar-refractivity contribution in [1.82, 2.24) is 5.48 Å². The molecule has 188 valence electrons. The maximum Gasteiger partial charge on any atom is 0.335 e. The van der Waals surface area contributed by atoms with Crippen molar-refractivity contribution in [2.24, 2.45) is 17.3 Å². The average molecular weight is 490 g/mol. The Morgan fingerprint density at radius 2 is 1.75 bits per heavy atom. The summed E-state index contributed by atoms with van der Waals surface area (Å²) in [4.78, 5) is 42.0. The van der Waals surface area contributed by atoms with E-state index in [0.717, 1.165) is 24.0 Å². The van der Waals surface area contributed by atoms with Gasteiger partial charge in [0, 0.05) is 11.8 Å². The van der Waals surface area contributed by atoms with E-state index in [4.69, 9.17) is 14.7 Å². The fourth-order valence-corrected chi connectivity index (χ4v) is 4.74. The number of hydroxylamine groups is 1. The van der Waals surface area contributed by atoms with Crippen molar-refractivity contribution in [3.8, 4) is 0 Å². The summed E-state index contributed by atoms with van der Waals surface area (Å²) in [5, 5.41) is 9.12. The number of rotatable bonds is 12. The van der Waals surface area contributed by atoms with Crippen LogP contribution in [-0.4, -0.2) is 29.6 Å². The first-order valence-electron chi connectivity index (χ1n) is 12.2. The summed E-state index contributed by atoms with van der Waals surface area (Å²) in [6.07, 6.45) is 11.2. The fourth-order valence-electron chi connectivity index (χ4n) is 4.74. The molecule has 0 heterocycles. The molecule has 1 fully saturated rings. The predicted molar refractivity (Wildman–Crippen MR) is 134 cm³/mol. The van der Waals surface area contributed by atoms with Crippen LogP contribution in [0.1, 0.15) is 47.2 Å². The molecule has 2 N–H and O–H groups in total. The number of amides is 1. The number of nitrogens with one attached hydrogen (secondary N) is 1. The molecule has 0 spiro atoms. The van der Waals surface area contributed by atoms with Gasteiger partial charge in [-0.05, 0) is 54.9 Å². The van der Waals surface area contributed by atoms with Gasteiger partial charge in [-0.3, -0.25) is 14.4 Å². The minimum Gasteiger partial charge on any atom is -0.478 e. The second kappa shape index (κ2) is 11.8. The topological polar surface area (TPSA) is 102 Å². The van der Waals surface area contributed by atoms with Crippen LogP contribution in [0.15, 0.2) is 78.9 Å². The Bertz CT molecular complexity index is 1120. The number of esters is 1. The van der Waals surface area contributed by atoms with Crippen LogP contribution in [0.4, 0.5) is 0 Å². The van der Waals surface area contributed by atoms with Crippen molar-refractivity contribution < 1.29 is 29.1 Å². The molecule has 1 saturated carbocycles. The number of aromatic carboxylic acids is 1. The van der Waals surface area contributed by atoms with Gasteiger partial charge in [0.25, 0.3) is 0 Å². The Morgan fingerprint density at radius 1 is 1.00 bits per heavy atom. The number of carboxylic acid groups (broad SMARTS) is 1. The molecule has 2 aromatic rings. The van der Waals surface area contributed by atoms with Gasteiger partial charge in [0.2, 0.25) is 5.91 Å². The molecule has 0 saturated heterocycles. The summed E-state index contributed by atoms with van der Waals surface area (Å²) in [5.74, 6) is -1.68. The van der Waals surface area contributed by atoms with Gasteiger partial charge in [-0.1, -0.05) is 66.8 Å². The lowest BCUT2D eigenvalue weighted by Gasteiger charge is -2.43. The van der Waals surface area contributed by atoms with Crippen molar-refractivity contribution >= 4 is 17.8 Å². The number of hydrogen-bond donors (Lipinski definition) is 2. The molecule has 2 bridgehead atoms. The number of carbonyl (C=O) groups excluding carboxylic acids is 2. The van der Waals surface area contributed by atoms with E-state index < -0.39 is 17.9 Å². The van der Waals surface area contributed by atoms with Crippen molar-refractivity contribution in [3.63, 3.8) is 0 Å². The minimum atomic E-state index is -1.01. The van der Waals surface area contributed by atoms with Crippen molar-refractivity contribution in [1.29, 1.82) is 0 Å². The number of allylic oxidation sites excluding steroid dienone is 3. The third kappa shape index (κ3) is 6.92. The highest BCUT2D eigenvalue weighted by Crippen LogP contribution is 2.49. The third-order valence-electron chi connectivity index (χ3n) is 6.79. The minimum absolute atomic E-state index is 0.0205. The van der Waals surface area contributed by atoms with Crippen LogP contribution >= 0.6 is 0 Å². The van der Waals surface area contributed by atoms with Gasteiger partial charge in [0.05, 0.1) is 18.1 Å². The maximum absolute atomic E-state index is 12.9. The molecule has 5 rings (SSSR count). The normalized spacial score (nSPS) is 20.6. The zero-order valence-corrected chi connectivity index (χ0v) is 20.1. The zero-order valence-electron chi connectivity index (χ0n) is 20.1. The Labute approximate surface area is 210 Å². The van der Waals surface area contributed by atoms with Crippen molar-refractivity contribution in [3.05, 3.63) is 95.6 Å². The van der Waals surface area contributed by atoms with Gasteiger partial charge in [-0.2, -0.15) is 0 Å². The Balaban J connectivity index is 1.30. The van der Waals surface area contributed by atoms with Crippen LogP contribution < -0.4 is 5.48 Å². The summed E-state index contributed by atoms with van der Waals surface area (Å²) in [5.41, 5.74) is 4.35. The van der Waals surface area contributed by atoms with Crippen LogP contribution in [0.25, 0.3) is 0 Å². The molecular formula is C29H31NO6. The number of fused-ring (bicyclic) bond motifs is 1. The largest absolute Gasteiger partial charge is 0.478 e. The summed E-state index contributed by atoms with van der Waals surface area (Å²) in [6.45, 7) is 0.570. The Kier molecular flexibility index (Phi) is 8.33.